The van der Waals surface area contributed by atoms with Gasteiger partial charge in [-0.15, -0.1) is 0 Å². The Balaban J connectivity index is 1.74. The number of aromatic nitrogens is 3. The van der Waals surface area contributed by atoms with E-state index in [0.29, 0.717) is 31.3 Å². The number of amides is 1. The van der Waals surface area contributed by atoms with Crippen LogP contribution in [0.4, 0.5) is 0 Å². The van der Waals surface area contributed by atoms with E-state index < -0.39 is 0 Å². The van der Waals surface area contributed by atoms with E-state index in [0.717, 1.165) is 33.5 Å². The van der Waals surface area contributed by atoms with E-state index in [2.05, 4.69) is 45.1 Å². The summed E-state index contributed by atoms with van der Waals surface area (Å²) in [5, 5.41) is 8.84. The van der Waals surface area contributed by atoms with Crippen LogP contribution in [-0.2, 0) is 11.2 Å². The quantitative estimate of drug-likeness (QED) is 0.683. The van der Waals surface area contributed by atoms with Crippen LogP contribution in [0.5, 0.6) is 0 Å². The Kier molecular flexibility index (Phi) is 5.98. The maximum Gasteiger partial charge on any atom is 0.220 e. The van der Waals surface area contributed by atoms with Crippen LogP contribution in [0.25, 0.3) is 16.6 Å². The number of benzene rings is 1. The summed E-state index contributed by atoms with van der Waals surface area (Å²) in [4.78, 5) is 19.4. The number of hydrogen-bond acceptors (Lipinski definition) is 4. The minimum Gasteiger partial charge on any atom is -0.355 e. The molecule has 0 spiro atoms. The normalized spacial score (nSPS) is 13.0. The number of hydrogen-bond donors (Lipinski definition) is 1. The van der Waals surface area contributed by atoms with Crippen molar-refractivity contribution in [2.75, 3.05) is 20.6 Å². The van der Waals surface area contributed by atoms with Crippen molar-refractivity contribution in [2.24, 2.45) is 5.92 Å². The first-order valence-corrected chi connectivity index (χ1v) is 9.96. The number of carbonyl (C=O) groups excluding carboxylic acids is 1. The standard InChI is InChI=1S/C22H31N5O/c1-14(2)20(26(5)6)13-23-21(28)12-11-17-15(3)24-22-18-9-7-8-10-19(18)25-27(22)16(17)4/h7-10,14,20H,11-13H2,1-6H3,(H,23,28). The average molecular weight is 382 g/mol. The largest absolute Gasteiger partial charge is 0.355 e. The molecule has 1 unspecified atom stereocenters. The van der Waals surface area contributed by atoms with E-state index in [-0.39, 0.29) is 5.91 Å². The molecule has 0 saturated heterocycles. The van der Waals surface area contributed by atoms with Gasteiger partial charge in [-0.25, -0.2) is 9.50 Å². The fourth-order valence-electron chi connectivity index (χ4n) is 3.90. The van der Waals surface area contributed by atoms with Crippen molar-refractivity contribution >= 4 is 22.5 Å². The second-order valence-corrected chi connectivity index (χ2v) is 8.09. The van der Waals surface area contributed by atoms with Crippen molar-refractivity contribution in [1.29, 1.82) is 0 Å². The van der Waals surface area contributed by atoms with Gasteiger partial charge in [0.15, 0.2) is 5.65 Å². The Morgan fingerprint density at radius 2 is 1.93 bits per heavy atom. The number of aryl methyl sites for hydroxylation is 2. The highest BCUT2D eigenvalue weighted by Crippen LogP contribution is 2.22. The average Bonchev–Trinajstić information content (AvgIpc) is 3.00. The molecule has 2 heterocycles. The molecule has 0 aliphatic heterocycles. The molecular weight excluding hydrogens is 350 g/mol. The van der Waals surface area contributed by atoms with Crippen LogP contribution in [0.15, 0.2) is 24.3 Å². The van der Waals surface area contributed by atoms with Crippen molar-refractivity contribution < 1.29 is 4.79 Å². The highest BCUT2D eigenvalue weighted by Gasteiger charge is 2.18. The second-order valence-electron chi connectivity index (χ2n) is 8.09. The second kappa shape index (κ2) is 8.27. The molecule has 0 aliphatic carbocycles. The van der Waals surface area contributed by atoms with Gasteiger partial charge in [-0.2, -0.15) is 5.10 Å². The third-order valence-corrected chi connectivity index (χ3v) is 5.56. The SMILES string of the molecule is Cc1nc2c3ccccc3nn2c(C)c1CCC(=O)NCC(C(C)C)N(C)C. The van der Waals surface area contributed by atoms with Gasteiger partial charge in [0.25, 0.3) is 0 Å². The number of fused-ring (bicyclic) bond motifs is 3. The molecule has 1 atom stereocenters. The number of likely N-dealkylation sites (N-methyl/N-ethyl adjacent to an activating group) is 1. The molecule has 3 rings (SSSR count). The van der Waals surface area contributed by atoms with E-state index in [4.69, 9.17) is 10.1 Å². The lowest BCUT2D eigenvalue weighted by Gasteiger charge is -2.28. The van der Waals surface area contributed by atoms with Crippen molar-refractivity contribution in [3.63, 3.8) is 0 Å². The van der Waals surface area contributed by atoms with Crippen LogP contribution in [0.1, 0.15) is 37.2 Å². The Bertz CT molecular complexity index is 981. The van der Waals surface area contributed by atoms with E-state index in [1.807, 2.05) is 35.7 Å². The Hall–Kier alpha value is -2.47. The maximum atomic E-state index is 12.4. The molecule has 0 bridgehead atoms. The van der Waals surface area contributed by atoms with Gasteiger partial charge in [0, 0.05) is 35.8 Å². The molecule has 6 nitrogen and oxygen atoms in total. The first-order valence-electron chi connectivity index (χ1n) is 9.96. The molecule has 0 fully saturated rings. The zero-order valence-corrected chi connectivity index (χ0v) is 17.8. The minimum absolute atomic E-state index is 0.0806. The smallest absolute Gasteiger partial charge is 0.220 e. The summed E-state index contributed by atoms with van der Waals surface area (Å²) >= 11 is 0. The Morgan fingerprint density at radius 1 is 1.21 bits per heavy atom. The predicted molar refractivity (Wildman–Crippen MR) is 114 cm³/mol. The lowest BCUT2D eigenvalue weighted by Crippen LogP contribution is -2.43. The van der Waals surface area contributed by atoms with Gasteiger partial charge in [0.05, 0.1) is 5.52 Å². The maximum absolute atomic E-state index is 12.4. The summed E-state index contributed by atoms with van der Waals surface area (Å²) in [6.45, 7) is 9.10. The zero-order chi connectivity index (χ0) is 20.4. The molecule has 28 heavy (non-hydrogen) atoms. The zero-order valence-electron chi connectivity index (χ0n) is 17.8. The van der Waals surface area contributed by atoms with Crippen LogP contribution in [0.2, 0.25) is 0 Å². The monoisotopic (exact) mass is 381 g/mol. The number of rotatable bonds is 7. The molecule has 3 aromatic rings. The molecular formula is C22H31N5O. The first kappa shape index (κ1) is 20.3. The fraction of sp³-hybridized carbons (Fsp3) is 0.500. The van der Waals surface area contributed by atoms with Crippen molar-refractivity contribution in [3.05, 3.63) is 41.2 Å². The van der Waals surface area contributed by atoms with Gasteiger partial charge >= 0.3 is 0 Å². The van der Waals surface area contributed by atoms with Gasteiger partial charge in [-0.05, 0) is 58.0 Å². The van der Waals surface area contributed by atoms with Gasteiger partial charge < -0.3 is 10.2 Å². The summed E-state index contributed by atoms with van der Waals surface area (Å²) in [6, 6.07) is 8.38. The van der Waals surface area contributed by atoms with Crippen molar-refractivity contribution in [1.82, 2.24) is 24.8 Å². The van der Waals surface area contributed by atoms with Gasteiger partial charge in [-0.3, -0.25) is 4.79 Å². The molecule has 150 valence electrons. The van der Waals surface area contributed by atoms with Crippen molar-refractivity contribution in [3.8, 4) is 0 Å². The van der Waals surface area contributed by atoms with Crippen LogP contribution in [0.3, 0.4) is 0 Å². The van der Waals surface area contributed by atoms with E-state index in [1.165, 1.54) is 0 Å². The number of carbonyl (C=O) groups is 1. The predicted octanol–water partition coefficient (Wildman–Crippen LogP) is 3.13. The molecule has 0 aliphatic rings. The Labute approximate surface area is 166 Å². The van der Waals surface area contributed by atoms with Gasteiger partial charge in [0.1, 0.15) is 0 Å². The van der Waals surface area contributed by atoms with E-state index >= 15 is 0 Å². The van der Waals surface area contributed by atoms with Gasteiger partial charge in [0.2, 0.25) is 5.91 Å². The first-order chi connectivity index (χ1) is 13.3. The summed E-state index contributed by atoms with van der Waals surface area (Å²) in [6.07, 6.45) is 1.12. The molecule has 6 heteroatoms. The highest BCUT2D eigenvalue weighted by molar-refractivity contribution is 5.92. The molecule has 0 saturated carbocycles. The lowest BCUT2D eigenvalue weighted by molar-refractivity contribution is -0.121. The summed E-state index contributed by atoms with van der Waals surface area (Å²) in [5.74, 6) is 0.567. The third kappa shape index (κ3) is 4.02. The third-order valence-electron chi connectivity index (χ3n) is 5.56. The number of nitrogens with zero attached hydrogens (tertiary/aromatic N) is 4. The van der Waals surface area contributed by atoms with Crippen LogP contribution in [-0.4, -0.2) is 52.1 Å². The van der Waals surface area contributed by atoms with E-state index in [9.17, 15) is 4.79 Å². The van der Waals surface area contributed by atoms with Gasteiger partial charge in [-0.1, -0.05) is 26.0 Å². The molecule has 2 aromatic heterocycles. The minimum atomic E-state index is 0.0806. The number of nitrogens with one attached hydrogen (secondary N) is 1. The highest BCUT2D eigenvalue weighted by atomic mass is 16.1. The van der Waals surface area contributed by atoms with Crippen LogP contribution in [0, 0.1) is 19.8 Å². The van der Waals surface area contributed by atoms with Crippen LogP contribution >= 0.6 is 0 Å². The summed E-state index contributed by atoms with van der Waals surface area (Å²) in [5.41, 5.74) is 4.94. The van der Waals surface area contributed by atoms with E-state index in [1.54, 1.807) is 0 Å². The summed E-state index contributed by atoms with van der Waals surface area (Å²) in [7, 11) is 4.11. The topological polar surface area (TPSA) is 62.5 Å². The molecule has 1 amide bonds. The lowest BCUT2D eigenvalue weighted by atomic mass is 10.0. The summed E-state index contributed by atoms with van der Waals surface area (Å²) < 4.78 is 1.91. The Morgan fingerprint density at radius 3 is 2.61 bits per heavy atom. The fourth-order valence-corrected chi connectivity index (χ4v) is 3.90. The molecule has 1 N–H and O–H groups in total. The van der Waals surface area contributed by atoms with Crippen molar-refractivity contribution in [2.45, 2.75) is 46.6 Å². The molecule has 1 aromatic carbocycles. The van der Waals surface area contributed by atoms with Crippen LogP contribution < -0.4 is 5.32 Å². The molecule has 0 radical (unpaired) electrons.